The Morgan fingerprint density at radius 1 is 1.00 bits per heavy atom. The predicted octanol–water partition coefficient (Wildman–Crippen LogP) is 4.87. The molecule has 2 aliphatic rings. The average molecular weight is 478 g/mol. The van der Waals surface area contributed by atoms with Gasteiger partial charge in [0.15, 0.2) is 0 Å². The van der Waals surface area contributed by atoms with Crippen LogP contribution in [0.1, 0.15) is 5.56 Å². The fourth-order valence-corrected chi connectivity index (χ4v) is 5.03. The van der Waals surface area contributed by atoms with Gasteiger partial charge >= 0.3 is 0 Å². The standard InChI is InChI=1S/C23H25Cl2N3O2S/c1-26-7-9-27(10-8-26)21-6-4-18(30-2)13-16(21)14-22-23(29)28(11-12-31-22)17-3-5-19(24)20(25)15-17/h3-6,13-15H,7-12H2,1-2H3/b22-14-. The van der Waals surface area contributed by atoms with E-state index in [2.05, 4.69) is 22.9 Å². The highest BCUT2D eigenvalue weighted by atomic mass is 35.5. The summed E-state index contributed by atoms with van der Waals surface area (Å²) < 4.78 is 5.46. The van der Waals surface area contributed by atoms with Gasteiger partial charge in [0.25, 0.3) is 5.91 Å². The number of thioether (sulfide) groups is 1. The van der Waals surface area contributed by atoms with E-state index < -0.39 is 0 Å². The number of methoxy groups -OCH3 is 1. The lowest BCUT2D eigenvalue weighted by molar-refractivity contribution is -0.114. The minimum Gasteiger partial charge on any atom is -0.497 e. The largest absolute Gasteiger partial charge is 0.497 e. The van der Waals surface area contributed by atoms with Gasteiger partial charge in [-0.15, -0.1) is 11.8 Å². The van der Waals surface area contributed by atoms with Crippen LogP contribution in [-0.2, 0) is 4.79 Å². The van der Waals surface area contributed by atoms with Crippen LogP contribution < -0.4 is 14.5 Å². The highest BCUT2D eigenvalue weighted by molar-refractivity contribution is 8.04. The number of amides is 1. The molecule has 2 saturated heterocycles. The van der Waals surface area contributed by atoms with Crippen molar-refractivity contribution in [2.75, 3.05) is 62.4 Å². The summed E-state index contributed by atoms with van der Waals surface area (Å²) in [6, 6.07) is 11.4. The smallest absolute Gasteiger partial charge is 0.264 e. The van der Waals surface area contributed by atoms with Crippen LogP contribution in [0.5, 0.6) is 5.75 Å². The van der Waals surface area contributed by atoms with E-state index in [-0.39, 0.29) is 5.91 Å². The number of ether oxygens (including phenoxy) is 1. The minimum atomic E-state index is -0.0261. The second-order valence-corrected chi connectivity index (χ2v) is 9.58. The van der Waals surface area contributed by atoms with Gasteiger partial charge in [0, 0.05) is 55.4 Å². The average Bonchev–Trinajstić information content (AvgIpc) is 2.78. The fourth-order valence-electron chi connectivity index (χ4n) is 3.80. The molecule has 2 aromatic carbocycles. The SMILES string of the molecule is COc1ccc(N2CCN(C)CC2)c(/C=C2\SCCN(c3ccc(Cl)c(Cl)c3)C2=O)c1. The van der Waals surface area contributed by atoms with Gasteiger partial charge in [-0.25, -0.2) is 0 Å². The Labute approximate surface area is 197 Å². The summed E-state index contributed by atoms with van der Waals surface area (Å²) in [7, 11) is 3.80. The van der Waals surface area contributed by atoms with Crippen molar-refractivity contribution in [1.29, 1.82) is 0 Å². The number of carbonyl (C=O) groups excluding carboxylic acids is 1. The first-order valence-corrected chi connectivity index (χ1v) is 11.9. The molecular weight excluding hydrogens is 453 g/mol. The highest BCUT2D eigenvalue weighted by Crippen LogP contribution is 2.35. The van der Waals surface area contributed by atoms with Crippen LogP contribution in [0.3, 0.4) is 0 Å². The molecule has 1 amide bonds. The van der Waals surface area contributed by atoms with Crippen molar-refractivity contribution in [3.05, 3.63) is 56.9 Å². The van der Waals surface area contributed by atoms with Gasteiger partial charge in [-0.3, -0.25) is 4.79 Å². The van der Waals surface area contributed by atoms with Crippen molar-refractivity contribution in [3.8, 4) is 5.75 Å². The van der Waals surface area contributed by atoms with Crippen LogP contribution in [0, 0.1) is 0 Å². The Kier molecular flexibility index (Phi) is 7.02. The molecule has 2 aliphatic heterocycles. The van der Waals surface area contributed by atoms with E-state index in [4.69, 9.17) is 27.9 Å². The number of piperazine rings is 1. The monoisotopic (exact) mass is 477 g/mol. The molecule has 0 unspecified atom stereocenters. The maximum Gasteiger partial charge on any atom is 0.264 e. The van der Waals surface area contributed by atoms with E-state index in [1.807, 2.05) is 24.3 Å². The molecule has 4 rings (SSSR count). The number of hydrogen-bond acceptors (Lipinski definition) is 5. The zero-order chi connectivity index (χ0) is 22.0. The van der Waals surface area contributed by atoms with E-state index in [1.165, 1.54) is 0 Å². The summed E-state index contributed by atoms with van der Waals surface area (Å²) in [4.78, 5) is 20.5. The maximum absolute atomic E-state index is 13.3. The van der Waals surface area contributed by atoms with Crippen LogP contribution >= 0.6 is 35.0 Å². The molecule has 164 valence electrons. The third-order valence-electron chi connectivity index (χ3n) is 5.61. The molecule has 0 aliphatic carbocycles. The Balaban J connectivity index is 1.66. The number of nitrogens with zero attached hydrogens (tertiary/aromatic N) is 3. The topological polar surface area (TPSA) is 36.0 Å². The van der Waals surface area contributed by atoms with Gasteiger partial charge in [0.1, 0.15) is 5.75 Å². The van der Waals surface area contributed by atoms with Gasteiger partial charge in [-0.2, -0.15) is 0 Å². The number of rotatable bonds is 4. The van der Waals surface area contributed by atoms with Gasteiger partial charge in [0.05, 0.1) is 22.1 Å². The van der Waals surface area contributed by atoms with Gasteiger partial charge < -0.3 is 19.4 Å². The zero-order valence-corrected chi connectivity index (χ0v) is 19.9. The Bertz CT molecular complexity index is 1010. The molecule has 31 heavy (non-hydrogen) atoms. The quantitative estimate of drug-likeness (QED) is 0.586. The summed E-state index contributed by atoms with van der Waals surface area (Å²) in [6.07, 6.45) is 1.99. The number of benzene rings is 2. The van der Waals surface area contributed by atoms with Crippen molar-refractivity contribution < 1.29 is 9.53 Å². The van der Waals surface area contributed by atoms with E-state index in [9.17, 15) is 4.79 Å². The molecule has 0 atom stereocenters. The summed E-state index contributed by atoms with van der Waals surface area (Å²) in [5.41, 5.74) is 2.88. The number of hydrogen-bond donors (Lipinski definition) is 0. The minimum absolute atomic E-state index is 0.0261. The fraction of sp³-hybridized carbons (Fsp3) is 0.348. The van der Waals surface area contributed by atoms with E-state index in [0.717, 1.165) is 54.6 Å². The molecule has 2 aromatic rings. The highest BCUT2D eigenvalue weighted by Gasteiger charge is 2.26. The van der Waals surface area contributed by atoms with Crippen LogP contribution in [0.15, 0.2) is 41.3 Å². The van der Waals surface area contributed by atoms with Crippen LogP contribution in [-0.4, -0.2) is 63.4 Å². The molecule has 0 spiro atoms. The first kappa shape index (κ1) is 22.3. The molecule has 0 N–H and O–H groups in total. The van der Waals surface area contributed by atoms with Gasteiger partial charge in [0.2, 0.25) is 0 Å². The summed E-state index contributed by atoms with van der Waals surface area (Å²) in [6.45, 7) is 4.56. The van der Waals surface area contributed by atoms with E-state index >= 15 is 0 Å². The molecule has 5 nitrogen and oxygen atoms in total. The molecule has 2 heterocycles. The van der Waals surface area contributed by atoms with E-state index in [0.29, 0.717) is 21.5 Å². The van der Waals surface area contributed by atoms with Gasteiger partial charge in [-0.05, 0) is 49.5 Å². The lowest BCUT2D eigenvalue weighted by Crippen LogP contribution is -2.44. The summed E-state index contributed by atoms with van der Waals surface area (Å²) in [5.74, 6) is 1.56. The van der Waals surface area contributed by atoms with Crippen molar-refractivity contribution >= 4 is 58.3 Å². The first-order valence-electron chi connectivity index (χ1n) is 10.2. The summed E-state index contributed by atoms with van der Waals surface area (Å²) >= 11 is 13.8. The second kappa shape index (κ2) is 9.74. The summed E-state index contributed by atoms with van der Waals surface area (Å²) in [5, 5.41) is 0.925. The zero-order valence-electron chi connectivity index (χ0n) is 17.6. The number of carbonyl (C=O) groups is 1. The molecule has 8 heteroatoms. The van der Waals surface area contributed by atoms with Gasteiger partial charge in [-0.1, -0.05) is 23.2 Å². The second-order valence-electron chi connectivity index (χ2n) is 7.63. The normalized spacial score (nSPS) is 19.2. The Hall–Kier alpha value is -1.86. The van der Waals surface area contributed by atoms with Crippen molar-refractivity contribution in [3.63, 3.8) is 0 Å². The van der Waals surface area contributed by atoms with Crippen LogP contribution in [0.25, 0.3) is 6.08 Å². The molecule has 0 saturated carbocycles. The lowest BCUT2D eigenvalue weighted by Gasteiger charge is -2.35. The van der Waals surface area contributed by atoms with Crippen molar-refractivity contribution in [1.82, 2.24) is 4.90 Å². The number of anilines is 2. The molecule has 0 bridgehead atoms. The third-order valence-corrected chi connectivity index (χ3v) is 7.34. The Morgan fingerprint density at radius 3 is 2.48 bits per heavy atom. The molecule has 0 radical (unpaired) electrons. The number of halogens is 2. The Morgan fingerprint density at radius 2 is 1.77 bits per heavy atom. The van der Waals surface area contributed by atoms with Crippen molar-refractivity contribution in [2.24, 2.45) is 0 Å². The van der Waals surface area contributed by atoms with Crippen molar-refractivity contribution in [2.45, 2.75) is 0 Å². The third kappa shape index (κ3) is 4.98. The van der Waals surface area contributed by atoms with Crippen LogP contribution in [0.4, 0.5) is 11.4 Å². The van der Waals surface area contributed by atoms with E-state index in [1.54, 1.807) is 35.9 Å². The first-order chi connectivity index (χ1) is 15.0. The predicted molar refractivity (Wildman–Crippen MR) is 132 cm³/mol. The lowest BCUT2D eigenvalue weighted by atomic mass is 10.1. The maximum atomic E-state index is 13.3. The number of likely N-dealkylation sites (N-methyl/N-ethyl adjacent to an activating group) is 1. The van der Waals surface area contributed by atoms with Crippen LogP contribution in [0.2, 0.25) is 10.0 Å². The molecular formula is C23H25Cl2N3O2S. The molecule has 0 aromatic heterocycles. The molecule has 2 fully saturated rings.